The van der Waals surface area contributed by atoms with Crippen molar-refractivity contribution in [2.45, 2.75) is 32.2 Å². The van der Waals surface area contributed by atoms with E-state index in [1.54, 1.807) is 10.8 Å². The Bertz CT molecular complexity index is 1460. The number of nitrogens with two attached hydrogens (primary N) is 1. The Morgan fingerprint density at radius 1 is 1.17 bits per heavy atom. The molecule has 2 atom stereocenters. The first-order valence-electron chi connectivity index (χ1n) is 11.8. The van der Waals surface area contributed by atoms with Gasteiger partial charge >= 0.3 is 0 Å². The van der Waals surface area contributed by atoms with Gasteiger partial charge in [-0.05, 0) is 42.5 Å². The van der Waals surface area contributed by atoms with Gasteiger partial charge in [-0.1, -0.05) is 43.3 Å². The number of aromatic nitrogens is 3. The Morgan fingerprint density at radius 2 is 1.97 bits per heavy atom. The lowest BCUT2D eigenvalue weighted by molar-refractivity contribution is 0.382. The summed E-state index contributed by atoms with van der Waals surface area (Å²) in [5.74, 6) is 0.959. The summed E-state index contributed by atoms with van der Waals surface area (Å²) in [6.07, 6.45) is 4.43. The van der Waals surface area contributed by atoms with E-state index in [-0.39, 0.29) is 23.5 Å². The number of aryl methyl sites for hydroxylation is 1. The van der Waals surface area contributed by atoms with Gasteiger partial charge in [0.2, 0.25) is 5.95 Å². The number of hydrogen-bond acceptors (Lipinski definition) is 7. The Balaban J connectivity index is 1.70. The largest absolute Gasteiger partial charge is 0.368 e. The van der Waals surface area contributed by atoms with Gasteiger partial charge in [0, 0.05) is 48.9 Å². The SMILES string of the molecule is CCc1cnc(N)nc1NC(C)c1cc2cccc(C3C=NN(C)C3)c2c(=O)n1-c1ccccc1. The van der Waals surface area contributed by atoms with Gasteiger partial charge in [0.1, 0.15) is 5.82 Å². The molecule has 0 saturated heterocycles. The van der Waals surface area contributed by atoms with Crippen LogP contribution in [0.25, 0.3) is 16.5 Å². The summed E-state index contributed by atoms with van der Waals surface area (Å²) in [7, 11) is 1.94. The molecule has 5 rings (SSSR count). The zero-order chi connectivity index (χ0) is 24.5. The van der Waals surface area contributed by atoms with Gasteiger partial charge in [-0.25, -0.2) is 4.98 Å². The van der Waals surface area contributed by atoms with Crippen LogP contribution in [-0.2, 0) is 6.42 Å². The Hall–Kier alpha value is -4.20. The lowest BCUT2D eigenvalue weighted by Crippen LogP contribution is -2.27. The second-order valence-electron chi connectivity index (χ2n) is 8.89. The van der Waals surface area contributed by atoms with Gasteiger partial charge in [-0.15, -0.1) is 0 Å². The summed E-state index contributed by atoms with van der Waals surface area (Å²) in [5, 5.41) is 11.4. The quantitative estimate of drug-likeness (QED) is 0.442. The number of fused-ring (bicyclic) bond motifs is 1. The Morgan fingerprint density at radius 3 is 2.69 bits per heavy atom. The van der Waals surface area contributed by atoms with Crippen LogP contribution >= 0.6 is 0 Å². The minimum absolute atomic E-state index is 0.0474. The summed E-state index contributed by atoms with van der Waals surface area (Å²) in [6, 6.07) is 17.7. The molecule has 4 aromatic rings. The fourth-order valence-electron chi connectivity index (χ4n) is 4.71. The molecule has 1 aliphatic rings. The highest BCUT2D eigenvalue weighted by molar-refractivity contribution is 5.89. The highest BCUT2D eigenvalue weighted by Crippen LogP contribution is 2.30. The maximum Gasteiger partial charge on any atom is 0.263 e. The zero-order valence-electron chi connectivity index (χ0n) is 20.1. The number of pyridine rings is 1. The third kappa shape index (κ3) is 4.23. The normalized spacial score (nSPS) is 16.1. The minimum atomic E-state index is -0.227. The maximum absolute atomic E-state index is 14.2. The van der Waals surface area contributed by atoms with Crippen molar-refractivity contribution in [1.29, 1.82) is 0 Å². The van der Waals surface area contributed by atoms with E-state index in [9.17, 15) is 4.79 Å². The van der Waals surface area contributed by atoms with Crippen LogP contribution in [0.4, 0.5) is 11.8 Å². The lowest BCUT2D eigenvalue weighted by Gasteiger charge is -2.23. The molecule has 0 spiro atoms. The first kappa shape index (κ1) is 22.6. The van der Waals surface area contributed by atoms with Crippen molar-refractivity contribution in [3.8, 4) is 5.69 Å². The lowest BCUT2D eigenvalue weighted by atomic mass is 9.94. The monoisotopic (exact) mass is 467 g/mol. The standard InChI is InChI=1S/C27H29N7O/c1-4-18-14-29-27(28)32-25(18)31-17(2)23-13-19-9-8-12-22(20-15-30-33(3)16-20)24(19)26(35)34(23)21-10-6-5-7-11-21/h5-15,17,20H,4,16H2,1-3H3,(H3,28,29,31,32). The number of nitrogen functional groups attached to an aromatic ring is 1. The molecule has 0 aliphatic carbocycles. The van der Waals surface area contributed by atoms with E-state index in [0.29, 0.717) is 5.82 Å². The number of hydrazone groups is 1. The summed E-state index contributed by atoms with van der Waals surface area (Å²) in [5.41, 5.74) is 9.43. The predicted octanol–water partition coefficient (Wildman–Crippen LogP) is 4.11. The molecule has 2 aromatic heterocycles. The van der Waals surface area contributed by atoms with Crippen molar-refractivity contribution in [1.82, 2.24) is 19.5 Å². The fraction of sp³-hybridized carbons (Fsp3) is 0.259. The topological polar surface area (TPSA) is 101 Å². The van der Waals surface area contributed by atoms with E-state index in [1.165, 1.54) is 0 Å². The van der Waals surface area contributed by atoms with E-state index in [1.807, 2.05) is 80.6 Å². The molecule has 35 heavy (non-hydrogen) atoms. The molecule has 2 aromatic carbocycles. The summed E-state index contributed by atoms with van der Waals surface area (Å²) in [6.45, 7) is 4.82. The van der Waals surface area contributed by atoms with Gasteiger partial charge in [0.25, 0.3) is 5.56 Å². The summed E-state index contributed by atoms with van der Waals surface area (Å²) < 4.78 is 1.80. The fourth-order valence-corrected chi connectivity index (χ4v) is 4.71. The zero-order valence-corrected chi connectivity index (χ0v) is 20.1. The highest BCUT2D eigenvalue weighted by Gasteiger charge is 2.24. The van der Waals surface area contributed by atoms with Crippen LogP contribution in [0.15, 0.2) is 70.7 Å². The maximum atomic E-state index is 14.2. The van der Waals surface area contributed by atoms with Crippen LogP contribution in [0.1, 0.15) is 42.6 Å². The number of anilines is 2. The molecule has 0 saturated carbocycles. The number of para-hydroxylation sites is 1. The number of likely N-dealkylation sites (N-methyl/N-ethyl adjacent to an activating group) is 1. The highest BCUT2D eigenvalue weighted by atomic mass is 16.1. The van der Waals surface area contributed by atoms with Crippen LogP contribution in [0.3, 0.4) is 0 Å². The molecule has 0 bridgehead atoms. The molecule has 0 amide bonds. The molecule has 8 heteroatoms. The van der Waals surface area contributed by atoms with Gasteiger partial charge < -0.3 is 11.1 Å². The van der Waals surface area contributed by atoms with Crippen LogP contribution in [0.2, 0.25) is 0 Å². The first-order valence-corrected chi connectivity index (χ1v) is 11.8. The average Bonchev–Trinajstić information content (AvgIpc) is 3.30. The third-order valence-electron chi connectivity index (χ3n) is 6.49. The molecular formula is C27H29N7O. The third-order valence-corrected chi connectivity index (χ3v) is 6.49. The molecule has 178 valence electrons. The van der Waals surface area contributed by atoms with Crippen LogP contribution < -0.4 is 16.6 Å². The van der Waals surface area contributed by atoms with Crippen LogP contribution in [0, 0.1) is 0 Å². The Labute approximate surface area is 204 Å². The van der Waals surface area contributed by atoms with Crippen molar-refractivity contribution in [3.05, 3.63) is 88.0 Å². The van der Waals surface area contributed by atoms with Crippen molar-refractivity contribution in [2.24, 2.45) is 5.10 Å². The molecular weight excluding hydrogens is 438 g/mol. The second-order valence-corrected chi connectivity index (χ2v) is 8.89. The van der Waals surface area contributed by atoms with E-state index in [0.717, 1.165) is 46.2 Å². The summed E-state index contributed by atoms with van der Waals surface area (Å²) in [4.78, 5) is 22.7. The van der Waals surface area contributed by atoms with E-state index < -0.39 is 0 Å². The number of hydrogen-bond donors (Lipinski definition) is 2. The molecule has 0 fully saturated rings. The molecule has 8 nitrogen and oxygen atoms in total. The molecule has 3 heterocycles. The smallest absolute Gasteiger partial charge is 0.263 e. The van der Waals surface area contributed by atoms with E-state index >= 15 is 0 Å². The van der Waals surface area contributed by atoms with Gasteiger partial charge in [-0.2, -0.15) is 10.1 Å². The van der Waals surface area contributed by atoms with Crippen molar-refractivity contribution in [3.63, 3.8) is 0 Å². The predicted molar refractivity (Wildman–Crippen MR) is 141 cm³/mol. The van der Waals surface area contributed by atoms with Crippen molar-refractivity contribution < 1.29 is 0 Å². The van der Waals surface area contributed by atoms with Crippen molar-refractivity contribution >= 4 is 28.8 Å². The van der Waals surface area contributed by atoms with Gasteiger partial charge in [-0.3, -0.25) is 14.4 Å². The van der Waals surface area contributed by atoms with E-state index in [2.05, 4.69) is 26.5 Å². The second kappa shape index (κ2) is 9.21. The van der Waals surface area contributed by atoms with Crippen LogP contribution in [0.5, 0.6) is 0 Å². The number of nitrogens with one attached hydrogen (secondary N) is 1. The molecule has 3 N–H and O–H groups in total. The van der Waals surface area contributed by atoms with Crippen molar-refractivity contribution in [2.75, 3.05) is 24.6 Å². The number of nitrogens with zero attached hydrogens (tertiary/aromatic N) is 5. The first-order chi connectivity index (χ1) is 17.0. The van der Waals surface area contributed by atoms with Gasteiger partial charge in [0.05, 0.1) is 11.4 Å². The van der Waals surface area contributed by atoms with Crippen LogP contribution in [-0.4, -0.2) is 39.4 Å². The number of rotatable bonds is 6. The Kier molecular flexibility index (Phi) is 5.94. The average molecular weight is 468 g/mol. The number of benzene rings is 2. The molecule has 1 aliphatic heterocycles. The van der Waals surface area contributed by atoms with Gasteiger partial charge in [0.15, 0.2) is 0 Å². The molecule has 2 unspecified atom stereocenters. The summed E-state index contributed by atoms with van der Waals surface area (Å²) >= 11 is 0. The minimum Gasteiger partial charge on any atom is -0.368 e. The molecule has 0 radical (unpaired) electrons. The van der Waals surface area contributed by atoms with E-state index in [4.69, 9.17) is 5.73 Å².